The average Bonchev–Trinajstić information content (AvgIpc) is 3.58. The van der Waals surface area contributed by atoms with Crippen LogP contribution in [0.25, 0.3) is 10.9 Å². The highest BCUT2D eigenvalue weighted by Crippen LogP contribution is 2.20. The lowest BCUT2D eigenvalue weighted by molar-refractivity contribution is -0.144. The number of aliphatic hydroxyl groups is 3. The van der Waals surface area contributed by atoms with Gasteiger partial charge in [-0.2, -0.15) is 0 Å². The molecule has 20 heteroatoms. The summed E-state index contributed by atoms with van der Waals surface area (Å²) in [6.07, 6.45) is -4.01. The molecule has 0 saturated carbocycles. The summed E-state index contributed by atoms with van der Waals surface area (Å²) in [6, 6.07) is -2.08. The zero-order valence-electron chi connectivity index (χ0n) is 34.4. The second kappa shape index (κ2) is 23.1. The molecule has 59 heavy (non-hydrogen) atoms. The van der Waals surface area contributed by atoms with E-state index in [9.17, 15) is 58.8 Å². The van der Waals surface area contributed by atoms with Gasteiger partial charge in [-0.3, -0.25) is 33.6 Å². The fraction of sp³-hybridized carbons (Fsp3) is 0.590. The minimum absolute atomic E-state index is 0.0759. The molecule has 0 aliphatic carbocycles. The molecule has 0 aliphatic rings. The molecule has 13 N–H and O–H groups in total. The molecular formula is C39H60N8O12. The number of rotatable bonds is 24. The average molecular weight is 833 g/mol. The Morgan fingerprint density at radius 3 is 1.78 bits per heavy atom. The number of primary amides is 1. The maximum atomic E-state index is 14.1. The quantitative estimate of drug-likeness (QED) is 0.0558. The molecule has 0 fully saturated rings. The van der Waals surface area contributed by atoms with Gasteiger partial charge in [0.15, 0.2) is 0 Å². The highest BCUT2D eigenvalue weighted by atomic mass is 16.4. The number of nitrogens with two attached hydrogens (primary N) is 1. The molecule has 0 spiro atoms. The molecule has 0 aliphatic heterocycles. The first-order valence-corrected chi connectivity index (χ1v) is 19.5. The van der Waals surface area contributed by atoms with E-state index in [0.717, 1.165) is 12.4 Å². The number of carbonyl (C=O) groups is 8. The Morgan fingerprint density at radius 2 is 1.24 bits per heavy atom. The van der Waals surface area contributed by atoms with E-state index in [1.54, 1.807) is 58.2 Å². The molecule has 1 unspecified atom stereocenters. The van der Waals surface area contributed by atoms with Gasteiger partial charge in [-0.1, -0.05) is 59.2 Å². The van der Waals surface area contributed by atoms with Crippen LogP contribution in [0.1, 0.15) is 79.7 Å². The third kappa shape index (κ3) is 14.6. The minimum atomic E-state index is -1.95. The fourth-order valence-electron chi connectivity index (χ4n) is 6.17. The number of aliphatic hydroxyl groups excluding tert-OH is 3. The molecule has 0 radical (unpaired) electrons. The van der Waals surface area contributed by atoms with Crippen molar-refractivity contribution in [3.8, 4) is 0 Å². The summed E-state index contributed by atoms with van der Waals surface area (Å²) in [5.41, 5.74) is 6.59. The number of carboxylic acids is 1. The number of aromatic amines is 1. The lowest BCUT2D eigenvalue weighted by Crippen LogP contribution is -2.64. The van der Waals surface area contributed by atoms with Gasteiger partial charge in [0.05, 0.1) is 12.2 Å². The molecule has 0 saturated heterocycles. The lowest BCUT2D eigenvalue weighted by Gasteiger charge is -2.32. The van der Waals surface area contributed by atoms with E-state index in [2.05, 4.69) is 36.9 Å². The Morgan fingerprint density at radius 1 is 0.695 bits per heavy atom. The van der Waals surface area contributed by atoms with E-state index in [-0.39, 0.29) is 32.1 Å². The molecule has 1 aromatic heterocycles. The van der Waals surface area contributed by atoms with E-state index in [1.807, 2.05) is 0 Å². The maximum Gasteiger partial charge on any atom is 0.326 e. The Balaban J connectivity index is 2.51. The van der Waals surface area contributed by atoms with Crippen molar-refractivity contribution in [1.29, 1.82) is 0 Å². The number of H-pyrrole nitrogens is 1. The van der Waals surface area contributed by atoms with Gasteiger partial charge in [0.2, 0.25) is 41.4 Å². The van der Waals surface area contributed by atoms with E-state index < -0.39 is 114 Å². The standard InChI is InChI=1S/C39H60N8O12/c1-8-19(5)30(46-34(53)25(14-15-28(40)51)43-37(56)31(20(6)48)42-21(7)49)36(55)47-32(33(52)27(50)9-2)38(57)44-26(35(54)45-29(18(3)4)39(58)59)16-22-17-41-24-13-11-10-12-23(22)24/h10-13,17-20,25-27,29-33,41,48,50,52H,8-9,14-16H2,1-7H3,(H2,40,51)(H,42,49)(H,43,56)(H,44,57)(H,45,54)(H,46,53)(H,47,55)(H,58,59)/t19-,20+,25-,26-,27?,29-,30-,31-,32-,33+/m0/s1. The summed E-state index contributed by atoms with van der Waals surface area (Å²) in [6.45, 7) is 10.3. The highest BCUT2D eigenvalue weighted by molar-refractivity contribution is 5.97. The minimum Gasteiger partial charge on any atom is -0.480 e. The first kappa shape index (κ1) is 49.5. The van der Waals surface area contributed by atoms with Crippen LogP contribution >= 0.6 is 0 Å². The fourth-order valence-corrected chi connectivity index (χ4v) is 6.17. The molecule has 10 atom stereocenters. The van der Waals surface area contributed by atoms with E-state index in [0.29, 0.717) is 10.9 Å². The highest BCUT2D eigenvalue weighted by Gasteiger charge is 2.39. The van der Waals surface area contributed by atoms with Crippen molar-refractivity contribution >= 4 is 58.2 Å². The number of carbonyl (C=O) groups excluding carboxylic acids is 7. The van der Waals surface area contributed by atoms with Crippen molar-refractivity contribution in [2.45, 2.75) is 135 Å². The van der Waals surface area contributed by atoms with Crippen LogP contribution in [0.5, 0.6) is 0 Å². The Kier molecular flexibility index (Phi) is 19.4. The van der Waals surface area contributed by atoms with Crippen LogP contribution < -0.4 is 37.6 Å². The van der Waals surface area contributed by atoms with Crippen molar-refractivity contribution in [1.82, 2.24) is 36.9 Å². The number of para-hydroxylation sites is 1. The third-order valence-electron chi connectivity index (χ3n) is 9.93. The number of hydrogen-bond donors (Lipinski definition) is 12. The number of fused-ring (bicyclic) bond motifs is 1. The topological polar surface area (TPSA) is 331 Å². The number of hydrogen-bond acceptors (Lipinski definition) is 11. The number of carboxylic acid groups (broad SMARTS) is 1. The van der Waals surface area contributed by atoms with Crippen LogP contribution in [0.3, 0.4) is 0 Å². The van der Waals surface area contributed by atoms with Gasteiger partial charge in [-0.25, -0.2) is 4.79 Å². The van der Waals surface area contributed by atoms with Gasteiger partial charge >= 0.3 is 5.97 Å². The smallest absolute Gasteiger partial charge is 0.326 e. The van der Waals surface area contributed by atoms with E-state index >= 15 is 0 Å². The van der Waals surface area contributed by atoms with Crippen LogP contribution in [0.2, 0.25) is 0 Å². The molecule has 20 nitrogen and oxygen atoms in total. The van der Waals surface area contributed by atoms with Gasteiger partial charge in [-0.05, 0) is 43.2 Å². The van der Waals surface area contributed by atoms with Gasteiger partial charge < -0.3 is 63.0 Å². The van der Waals surface area contributed by atoms with Crippen molar-refractivity contribution in [2.24, 2.45) is 17.6 Å². The number of aromatic nitrogens is 1. The van der Waals surface area contributed by atoms with Crippen LogP contribution in [-0.4, -0.2) is 127 Å². The maximum absolute atomic E-state index is 14.1. The van der Waals surface area contributed by atoms with Gasteiger partial charge in [0.25, 0.3) is 0 Å². The Labute approximate surface area is 342 Å². The van der Waals surface area contributed by atoms with Crippen LogP contribution in [0.4, 0.5) is 0 Å². The number of benzene rings is 1. The van der Waals surface area contributed by atoms with E-state index in [4.69, 9.17) is 5.73 Å². The second-order valence-electron chi connectivity index (χ2n) is 15.0. The first-order chi connectivity index (χ1) is 27.6. The van der Waals surface area contributed by atoms with Gasteiger partial charge in [-0.15, -0.1) is 0 Å². The summed E-state index contributed by atoms with van der Waals surface area (Å²) < 4.78 is 0. The van der Waals surface area contributed by atoms with Crippen LogP contribution in [-0.2, 0) is 44.8 Å². The predicted octanol–water partition coefficient (Wildman–Crippen LogP) is -1.80. The predicted molar refractivity (Wildman–Crippen MR) is 214 cm³/mol. The molecule has 328 valence electrons. The molecule has 1 aromatic carbocycles. The largest absolute Gasteiger partial charge is 0.480 e. The van der Waals surface area contributed by atoms with Gasteiger partial charge in [0, 0.05) is 36.9 Å². The van der Waals surface area contributed by atoms with Crippen molar-refractivity contribution < 1.29 is 58.8 Å². The summed E-state index contributed by atoms with van der Waals surface area (Å²) in [5.74, 6) is -9.00. The molecular weight excluding hydrogens is 772 g/mol. The summed E-state index contributed by atoms with van der Waals surface area (Å²) in [7, 11) is 0. The normalized spacial score (nSPS) is 16.5. The monoisotopic (exact) mass is 832 g/mol. The SMILES string of the molecule is CCC(O)[C@@H](O)[C@H](NC(=O)[C@@H](NC(=O)[C@H](CCC(N)=O)NC(=O)[C@@H](NC(C)=O)[C@@H](C)O)[C@@H](C)CC)C(=O)N[C@@H](Cc1c[nH]c2ccccc12)C(=O)N[C@H](C(=O)O)C(C)C. The van der Waals surface area contributed by atoms with Crippen LogP contribution in [0, 0.1) is 11.8 Å². The molecule has 2 rings (SSSR count). The molecule has 2 aromatic rings. The molecule has 1 heterocycles. The first-order valence-electron chi connectivity index (χ1n) is 19.5. The number of amides is 7. The zero-order valence-corrected chi connectivity index (χ0v) is 34.4. The molecule has 7 amide bonds. The third-order valence-corrected chi connectivity index (χ3v) is 9.93. The summed E-state index contributed by atoms with van der Waals surface area (Å²) in [5, 5.41) is 57.0. The van der Waals surface area contributed by atoms with Crippen LogP contribution in [0.15, 0.2) is 30.5 Å². The van der Waals surface area contributed by atoms with Crippen molar-refractivity contribution in [2.75, 3.05) is 0 Å². The Bertz CT molecular complexity index is 1800. The van der Waals surface area contributed by atoms with Gasteiger partial charge in [0.1, 0.15) is 42.4 Å². The Hall–Kier alpha value is -5.60. The number of nitrogens with one attached hydrogen (secondary N) is 7. The lowest BCUT2D eigenvalue weighted by atomic mass is 9.95. The summed E-state index contributed by atoms with van der Waals surface area (Å²) in [4.78, 5) is 107. The second-order valence-corrected chi connectivity index (χ2v) is 15.0. The van der Waals surface area contributed by atoms with E-state index in [1.165, 1.54) is 13.8 Å². The molecule has 0 bridgehead atoms. The summed E-state index contributed by atoms with van der Waals surface area (Å²) >= 11 is 0. The number of aliphatic carboxylic acids is 1. The zero-order chi connectivity index (χ0) is 44.7. The van der Waals surface area contributed by atoms with Crippen molar-refractivity contribution in [3.63, 3.8) is 0 Å². The van der Waals surface area contributed by atoms with Crippen molar-refractivity contribution in [3.05, 3.63) is 36.0 Å².